The molecule has 1 aromatic carbocycles. The number of carbonyl (C=O) groups is 1. The number of hydroxylamine groups is 1. The van der Waals surface area contributed by atoms with Crippen molar-refractivity contribution in [2.75, 3.05) is 13.6 Å². The lowest BCUT2D eigenvalue weighted by Gasteiger charge is -2.26. The molecule has 128 valence electrons. The number of carbonyl (C=O) groups excluding carboxylic acids is 1. The van der Waals surface area contributed by atoms with Crippen LogP contribution in [0.1, 0.15) is 27.2 Å². The number of nitrogens with one attached hydrogen (secondary N) is 1. The molecule has 0 spiro atoms. The molecule has 3 heterocycles. The molecule has 0 fully saturated rings. The van der Waals surface area contributed by atoms with Gasteiger partial charge in [0.05, 0.1) is 6.67 Å². The van der Waals surface area contributed by atoms with Crippen LogP contribution < -0.4 is 5.48 Å². The SMILES string of the molecule is CN1CCc2c(Cc3ccc(C(=O)NO)cc3)c3cccnc3n2C1. The van der Waals surface area contributed by atoms with Gasteiger partial charge < -0.3 is 4.57 Å². The highest BCUT2D eigenvalue weighted by Gasteiger charge is 2.22. The monoisotopic (exact) mass is 336 g/mol. The number of benzene rings is 1. The van der Waals surface area contributed by atoms with Crippen molar-refractivity contribution in [2.45, 2.75) is 19.5 Å². The summed E-state index contributed by atoms with van der Waals surface area (Å²) in [5.74, 6) is -0.495. The molecular weight excluding hydrogens is 316 g/mol. The molecule has 0 unspecified atom stereocenters. The zero-order valence-electron chi connectivity index (χ0n) is 14.1. The second-order valence-electron chi connectivity index (χ2n) is 6.51. The molecule has 1 aliphatic heterocycles. The third-order valence-electron chi connectivity index (χ3n) is 4.85. The molecule has 0 atom stereocenters. The van der Waals surface area contributed by atoms with Gasteiger partial charge in [0.25, 0.3) is 5.91 Å². The van der Waals surface area contributed by atoms with E-state index in [1.807, 2.05) is 24.4 Å². The van der Waals surface area contributed by atoms with Crippen LogP contribution in [0, 0.1) is 0 Å². The van der Waals surface area contributed by atoms with Crippen LogP contribution in [-0.2, 0) is 19.5 Å². The summed E-state index contributed by atoms with van der Waals surface area (Å²) in [6.45, 7) is 1.90. The number of hydrogen-bond acceptors (Lipinski definition) is 4. The Morgan fingerprint density at radius 2 is 2.08 bits per heavy atom. The maximum atomic E-state index is 11.5. The van der Waals surface area contributed by atoms with Crippen LogP contribution in [0.5, 0.6) is 0 Å². The van der Waals surface area contributed by atoms with Crippen molar-refractivity contribution in [1.82, 2.24) is 19.9 Å². The van der Waals surface area contributed by atoms with Crippen LogP contribution in [0.15, 0.2) is 42.6 Å². The summed E-state index contributed by atoms with van der Waals surface area (Å²) in [6, 6.07) is 11.5. The van der Waals surface area contributed by atoms with Gasteiger partial charge in [-0.15, -0.1) is 0 Å². The molecule has 6 heteroatoms. The second kappa shape index (κ2) is 6.31. The van der Waals surface area contributed by atoms with E-state index in [2.05, 4.69) is 27.6 Å². The molecular formula is C19H20N4O2. The van der Waals surface area contributed by atoms with Crippen LogP contribution in [0.25, 0.3) is 11.0 Å². The van der Waals surface area contributed by atoms with Crippen LogP contribution in [-0.4, -0.2) is 39.2 Å². The predicted molar refractivity (Wildman–Crippen MR) is 94.6 cm³/mol. The van der Waals surface area contributed by atoms with Gasteiger partial charge in [-0.05, 0) is 48.9 Å². The maximum absolute atomic E-state index is 11.5. The second-order valence-corrected chi connectivity index (χ2v) is 6.51. The van der Waals surface area contributed by atoms with Crippen LogP contribution in [0.2, 0.25) is 0 Å². The first-order valence-corrected chi connectivity index (χ1v) is 8.34. The highest BCUT2D eigenvalue weighted by atomic mass is 16.5. The number of aromatic nitrogens is 2. The zero-order valence-corrected chi connectivity index (χ0v) is 14.1. The third-order valence-corrected chi connectivity index (χ3v) is 4.85. The fourth-order valence-corrected chi connectivity index (χ4v) is 3.58. The Labute approximate surface area is 145 Å². The van der Waals surface area contributed by atoms with E-state index in [-0.39, 0.29) is 0 Å². The third kappa shape index (κ3) is 2.79. The molecule has 0 saturated heterocycles. The highest BCUT2D eigenvalue weighted by molar-refractivity contribution is 5.93. The van der Waals surface area contributed by atoms with E-state index in [1.165, 1.54) is 16.6 Å². The van der Waals surface area contributed by atoms with Crippen molar-refractivity contribution in [3.05, 3.63) is 65.0 Å². The van der Waals surface area contributed by atoms with Crippen molar-refractivity contribution in [3.8, 4) is 0 Å². The number of pyridine rings is 1. The first kappa shape index (κ1) is 15.8. The summed E-state index contributed by atoms with van der Waals surface area (Å²) >= 11 is 0. The quantitative estimate of drug-likeness (QED) is 0.568. The smallest absolute Gasteiger partial charge is 0.274 e. The van der Waals surface area contributed by atoms with Gasteiger partial charge in [0, 0.05) is 35.8 Å². The van der Waals surface area contributed by atoms with Crippen LogP contribution in [0.3, 0.4) is 0 Å². The van der Waals surface area contributed by atoms with Gasteiger partial charge in [0.1, 0.15) is 5.65 Å². The number of likely N-dealkylation sites (N-methyl/N-ethyl adjacent to an activating group) is 1. The van der Waals surface area contributed by atoms with Gasteiger partial charge >= 0.3 is 0 Å². The largest absolute Gasteiger partial charge is 0.316 e. The number of hydrogen-bond donors (Lipinski definition) is 2. The summed E-state index contributed by atoms with van der Waals surface area (Å²) in [7, 11) is 2.13. The van der Waals surface area contributed by atoms with Crippen LogP contribution in [0.4, 0.5) is 0 Å². The first-order valence-electron chi connectivity index (χ1n) is 8.34. The molecule has 2 N–H and O–H groups in total. The summed E-state index contributed by atoms with van der Waals surface area (Å²) in [4.78, 5) is 18.4. The molecule has 1 amide bonds. The zero-order chi connectivity index (χ0) is 17.4. The Morgan fingerprint density at radius 1 is 1.28 bits per heavy atom. The Bertz CT molecular complexity index is 930. The van der Waals surface area contributed by atoms with Crippen molar-refractivity contribution in [1.29, 1.82) is 0 Å². The number of nitrogens with zero attached hydrogens (tertiary/aromatic N) is 3. The van der Waals surface area contributed by atoms with Crippen molar-refractivity contribution in [2.24, 2.45) is 0 Å². The summed E-state index contributed by atoms with van der Waals surface area (Å²) in [5.41, 5.74) is 6.94. The average Bonchev–Trinajstić information content (AvgIpc) is 2.95. The lowest BCUT2D eigenvalue weighted by Crippen LogP contribution is -2.31. The molecule has 2 aromatic heterocycles. The van der Waals surface area contributed by atoms with Gasteiger partial charge in [-0.1, -0.05) is 12.1 Å². The van der Waals surface area contributed by atoms with Gasteiger partial charge in [-0.2, -0.15) is 0 Å². The summed E-state index contributed by atoms with van der Waals surface area (Å²) in [5, 5.41) is 9.92. The molecule has 3 aromatic rings. The highest BCUT2D eigenvalue weighted by Crippen LogP contribution is 2.30. The van der Waals surface area contributed by atoms with Gasteiger partial charge in [0.2, 0.25) is 0 Å². The molecule has 4 rings (SSSR count). The first-order chi connectivity index (χ1) is 12.2. The molecule has 0 bridgehead atoms. The minimum Gasteiger partial charge on any atom is -0.316 e. The fraction of sp³-hybridized carbons (Fsp3) is 0.263. The molecule has 0 aliphatic carbocycles. The fourth-order valence-electron chi connectivity index (χ4n) is 3.58. The van der Waals surface area contributed by atoms with E-state index < -0.39 is 5.91 Å². The number of fused-ring (bicyclic) bond motifs is 3. The minimum atomic E-state index is -0.495. The Kier molecular flexibility index (Phi) is 3.99. The van der Waals surface area contributed by atoms with E-state index in [0.29, 0.717) is 5.56 Å². The number of rotatable bonds is 3. The Morgan fingerprint density at radius 3 is 2.84 bits per heavy atom. The molecule has 0 radical (unpaired) electrons. The normalized spacial score (nSPS) is 14.5. The topological polar surface area (TPSA) is 70.4 Å². The van der Waals surface area contributed by atoms with Crippen molar-refractivity contribution >= 4 is 16.9 Å². The van der Waals surface area contributed by atoms with Crippen molar-refractivity contribution in [3.63, 3.8) is 0 Å². The lowest BCUT2D eigenvalue weighted by molar-refractivity contribution is 0.0706. The van der Waals surface area contributed by atoms with Gasteiger partial charge in [-0.3, -0.25) is 14.9 Å². The molecule has 1 aliphatic rings. The average molecular weight is 336 g/mol. The van der Waals surface area contributed by atoms with Crippen LogP contribution >= 0.6 is 0 Å². The summed E-state index contributed by atoms with van der Waals surface area (Å²) in [6.07, 6.45) is 3.65. The van der Waals surface area contributed by atoms with E-state index in [9.17, 15) is 4.79 Å². The lowest BCUT2D eigenvalue weighted by atomic mass is 9.99. The Balaban J connectivity index is 1.73. The minimum absolute atomic E-state index is 0.443. The molecule has 6 nitrogen and oxygen atoms in total. The van der Waals surface area contributed by atoms with Gasteiger partial charge in [-0.25, -0.2) is 10.5 Å². The van der Waals surface area contributed by atoms with E-state index in [0.717, 1.165) is 37.3 Å². The molecule has 25 heavy (non-hydrogen) atoms. The Hall–Kier alpha value is -2.70. The van der Waals surface area contributed by atoms with E-state index in [4.69, 9.17) is 5.21 Å². The van der Waals surface area contributed by atoms with E-state index >= 15 is 0 Å². The molecule has 0 saturated carbocycles. The predicted octanol–water partition coefficient (Wildman–Crippen LogP) is 2.19. The van der Waals surface area contributed by atoms with Crippen molar-refractivity contribution < 1.29 is 10.0 Å². The maximum Gasteiger partial charge on any atom is 0.274 e. The van der Waals surface area contributed by atoms with Gasteiger partial charge in [0.15, 0.2) is 0 Å². The summed E-state index contributed by atoms with van der Waals surface area (Å²) < 4.78 is 2.31. The standard InChI is InChI=1S/C19H20N4O2/c1-22-10-8-17-16(15-3-2-9-20-18(15)23(17)12-22)11-13-4-6-14(7-5-13)19(24)21-25/h2-7,9,25H,8,10-12H2,1H3,(H,21,24). The number of amides is 1. The van der Waals surface area contributed by atoms with E-state index in [1.54, 1.807) is 17.6 Å².